The van der Waals surface area contributed by atoms with Gasteiger partial charge in [-0.2, -0.15) is 0 Å². The van der Waals surface area contributed by atoms with Gasteiger partial charge in [0.1, 0.15) is 0 Å². The number of nitrogens with zero attached hydrogens (tertiary/aromatic N) is 1. The Bertz CT molecular complexity index is 497. The molecule has 2 aromatic rings. The number of hydrogen-bond acceptors (Lipinski definition) is 2. The lowest BCUT2D eigenvalue weighted by atomic mass is 10.2. The molecule has 0 radical (unpaired) electrons. The van der Waals surface area contributed by atoms with Crippen LogP contribution in [-0.2, 0) is 6.16 Å². The Kier molecular flexibility index (Phi) is 3.84. The lowest BCUT2D eigenvalue weighted by Crippen LogP contribution is -1.93. The molecule has 86 valence electrons. The van der Waals surface area contributed by atoms with Crippen molar-refractivity contribution in [2.45, 2.75) is 6.16 Å². The molecular weight excluding hydrogens is 233 g/mol. The Morgan fingerprint density at radius 2 is 1.65 bits per heavy atom. The number of rotatable bonds is 4. The van der Waals surface area contributed by atoms with Gasteiger partial charge in [-0.25, -0.2) is 0 Å². The lowest BCUT2D eigenvalue weighted by molar-refractivity contribution is -0.384. The van der Waals surface area contributed by atoms with Gasteiger partial charge in [0.15, 0.2) is 0 Å². The molecule has 2 aromatic carbocycles. The summed E-state index contributed by atoms with van der Waals surface area (Å²) in [5.74, 6) is 0. The summed E-state index contributed by atoms with van der Waals surface area (Å²) in [5, 5.41) is 11.8. The van der Waals surface area contributed by atoms with Crippen LogP contribution in [-0.4, -0.2) is 4.92 Å². The van der Waals surface area contributed by atoms with Crippen LogP contribution in [0.3, 0.4) is 0 Å². The first-order valence-corrected chi connectivity index (χ1v) is 6.49. The van der Waals surface area contributed by atoms with Crippen molar-refractivity contribution in [2.24, 2.45) is 0 Å². The van der Waals surface area contributed by atoms with Gasteiger partial charge in [0.25, 0.3) is 5.69 Å². The second-order valence-electron chi connectivity index (χ2n) is 3.64. The summed E-state index contributed by atoms with van der Waals surface area (Å²) in [7, 11) is 0.703. The van der Waals surface area contributed by atoms with Crippen LogP contribution < -0.4 is 5.30 Å². The van der Waals surface area contributed by atoms with Gasteiger partial charge in [0, 0.05) is 12.1 Å². The minimum absolute atomic E-state index is 0.150. The molecule has 1 unspecified atom stereocenters. The zero-order valence-corrected chi connectivity index (χ0v) is 10.2. The number of nitro benzene ring substituents is 1. The summed E-state index contributed by atoms with van der Waals surface area (Å²) in [6, 6.07) is 17.0. The van der Waals surface area contributed by atoms with E-state index in [0.717, 1.165) is 11.7 Å². The van der Waals surface area contributed by atoms with E-state index in [-0.39, 0.29) is 10.6 Å². The number of nitro groups is 1. The molecule has 4 heteroatoms. The SMILES string of the molecule is O=[N+]([O-])c1ccc(CPc2ccccc2)cc1. The van der Waals surface area contributed by atoms with Gasteiger partial charge in [-0.15, -0.1) is 0 Å². The average Bonchev–Trinajstić information content (AvgIpc) is 2.38. The highest BCUT2D eigenvalue weighted by Gasteiger charge is 2.03. The van der Waals surface area contributed by atoms with Gasteiger partial charge in [-0.05, 0) is 17.0 Å². The molecule has 3 nitrogen and oxygen atoms in total. The summed E-state index contributed by atoms with van der Waals surface area (Å²) in [4.78, 5) is 10.1. The second kappa shape index (κ2) is 5.55. The summed E-state index contributed by atoms with van der Waals surface area (Å²) >= 11 is 0. The molecule has 0 amide bonds. The first kappa shape index (κ1) is 11.7. The van der Waals surface area contributed by atoms with Gasteiger partial charge < -0.3 is 0 Å². The van der Waals surface area contributed by atoms with Crippen molar-refractivity contribution < 1.29 is 4.92 Å². The molecule has 0 bridgehead atoms. The average molecular weight is 245 g/mol. The molecule has 0 aliphatic carbocycles. The largest absolute Gasteiger partial charge is 0.269 e. The Balaban J connectivity index is 1.98. The van der Waals surface area contributed by atoms with Gasteiger partial charge >= 0.3 is 0 Å². The Labute approximate surface area is 101 Å². The maximum absolute atomic E-state index is 10.5. The van der Waals surface area contributed by atoms with Gasteiger partial charge in [0.2, 0.25) is 0 Å². The smallest absolute Gasteiger partial charge is 0.258 e. The van der Waals surface area contributed by atoms with Crippen molar-refractivity contribution in [3.63, 3.8) is 0 Å². The summed E-state index contributed by atoms with van der Waals surface area (Å²) in [6.07, 6.45) is 0.933. The highest BCUT2D eigenvalue weighted by Crippen LogP contribution is 2.20. The molecule has 17 heavy (non-hydrogen) atoms. The van der Waals surface area contributed by atoms with Crippen LogP contribution in [0.15, 0.2) is 54.6 Å². The van der Waals surface area contributed by atoms with E-state index in [1.807, 2.05) is 30.3 Å². The van der Waals surface area contributed by atoms with Gasteiger partial charge in [-0.1, -0.05) is 51.0 Å². The second-order valence-corrected chi connectivity index (χ2v) is 4.93. The fourth-order valence-electron chi connectivity index (χ4n) is 1.50. The van der Waals surface area contributed by atoms with E-state index < -0.39 is 0 Å². The topological polar surface area (TPSA) is 43.1 Å². The minimum atomic E-state index is -0.372. The first-order valence-electron chi connectivity index (χ1n) is 5.28. The number of hydrogen-bond donors (Lipinski definition) is 0. The summed E-state index contributed by atoms with van der Waals surface area (Å²) in [5.41, 5.74) is 1.29. The fraction of sp³-hybridized carbons (Fsp3) is 0.0769. The first-order chi connectivity index (χ1) is 8.25. The quantitative estimate of drug-likeness (QED) is 0.472. The highest BCUT2D eigenvalue weighted by atomic mass is 31.1. The molecule has 0 saturated heterocycles. The Morgan fingerprint density at radius 1 is 1.00 bits per heavy atom. The zero-order chi connectivity index (χ0) is 12.1. The van der Waals surface area contributed by atoms with Crippen LogP contribution in [0, 0.1) is 10.1 Å². The van der Waals surface area contributed by atoms with E-state index in [9.17, 15) is 10.1 Å². The van der Waals surface area contributed by atoms with Crippen LogP contribution in [0.25, 0.3) is 0 Å². The normalized spacial score (nSPS) is 10.8. The van der Waals surface area contributed by atoms with Crippen LogP contribution in [0.5, 0.6) is 0 Å². The zero-order valence-electron chi connectivity index (χ0n) is 9.17. The maximum atomic E-state index is 10.5. The van der Waals surface area contributed by atoms with E-state index >= 15 is 0 Å². The van der Waals surface area contributed by atoms with Crippen molar-refractivity contribution in [3.8, 4) is 0 Å². The molecule has 0 aliphatic rings. The molecule has 0 heterocycles. The summed E-state index contributed by atoms with van der Waals surface area (Å²) < 4.78 is 0. The van der Waals surface area contributed by atoms with Gasteiger partial charge in [0.05, 0.1) is 4.92 Å². The van der Waals surface area contributed by atoms with Crippen LogP contribution >= 0.6 is 8.58 Å². The Hall–Kier alpha value is -1.73. The molecule has 0 aromatic heterocycles. The highest BCUT2D eigenvalue weighted by molar-refractivity contribution is 7.46. The van der Waals surface area contributed by atoms with E-state index in [0.29, 0.717) is 8.58 Å². The molecule has 0 aliphatic heterocycles. The van der Waals surface area contributed by atoms with Crippen LogP contribution in [0.2, 0.25) is 0 Å². The van der Waals surface area contributed by atoms with Crippen molar-refractivity contribution in [1.29, 1.82) is 0 Å². The number of non-ortho nitro benzene ring substituents is 1. The Morgan fingerprint density at radius 3 is 2.24 bits per heavy atom. The molecule has 0 spiro atoms. The number of benzene rings is 2. The van der Waals surface area contributed by atoms with Crippen molar-refractivity contribution in [1.82, 2.24) is 0 Å². The van der Waals surface area contributed by atoms with Crippen molar-refractivity contribution in [3.05, 3.63) is 70.3 Å². The third-order valence-corrected chi connectivity index (χ3v) is 3.74. The van der Waals surface area contributed by atoms with Crippen LogP contribution in [0.4, 0.5) is 5.69 Å². The molecule has 1 atom stereocenters. The predicted molar refractivity (Wildman–Crippen MR) is 71.2 cm³/mol. The third kappa shape index (κ3) is 3.36. The molecular formula is C13H12NO2P. The fourth-order valence-corrected chi connectivity index (χ4v) is 2.57. The maximum Gasteiger partial charge on any atom is 0.269 e. The van der Waals surface area contributed by atoms with Crippen molar-refractivity contribution >= 4 is 19.6 Å². The predicted octanol–water partition coefficient (Wildman–Crippen LogP) is 3.10. The van der Waals surface area contributed by atoms with E-state index in [1.54, 1.807) is 12.1 Å². The molecule has 0 fully saturated rings. The van der Waals surface area contributed by atoms with E-state index in [4.69, 9.17) is 0 Å². The third-order valence-electron chi connectivity index (χ3n) is 2.42. The molecule has 2 rings (SSSR count). The van der Waals surface area contributed by atoms with E-state index in [2.05, 4.69) is 12.1 Å². The molecule has 0 saturated carbocycles. The van der Waals surface area contributed by atoms with E-state index in [1.165, 1.54) is 5.30 Å². The standard InChI is InChI=1S/C13H12NO2P/c15-14(16)12-8-6-11(7-9-12)10-17-13-4-2-1-3-5-13/h1-9,17H,10H2. The van der Waals surface area contributed by atoms with Gasteiger partial charge in [-0.3, -0.25) is 10.1 Å². The van der Waals surface area contributed by atoms with Crippen LogP contribution in [0.1, 0.15) is 5.56 Å². The lowest BCUT2D eigenvalue weighted by Gasteiger charge is -2.02. The monoisotopic (exact) mass is 245 g/mol. The minimum Gasteiger partial charge on any atom is -0.258 e. The van der Waals surface area contributed by atoms with Crippen molar-refractivity contribution in [2.75, 3.05) is 0 Å². The molecule has 0 N–H and O–H groups in total. The summed E-state index contributed by atoms with van der Waals surface area (Å²) in [6.45, 7) is 0.